The number of pyridine rings is 1. The molecule has 2 atom stereocenters. The molecule has 1 saturated carbocycles. The van der Waals surface area contributed by atoms with E-state index < -0.39 is 0 Å². The molecular formula is C15H19N3O. The number of aliphatic hydroxyl groups is 1. The summed E-state index contributed by atoms with van der Waals surface area (Å²) in [5.41, 5.74) is 1.62. The van der Waals surface area contributed by atoms with E-state index in [1.54, 1.807) is 12.3 Å². The molecule has 1 aromatic rings. The van der Waals surface area contributed by atoms with Crippen LogP contribution >= 0.6 is 0 Å². The van der Waals surface area contributed by atoms with E-state index in [4.69, 9.17) is 5.26 Å². The summed E-state index contributed by atoms with van der Waals surface area (Å²) in [7, 11) is 0. The number of nitrogens with zero attached hydrogens (tertiary/aromatic N) is 3. The maximum absolute atomic E-state index is 9.81. The Morgan fingerprint density at radius 2 is 2.37 bits per heavy atom. The van der Waals surface area contributed by atoms with Crippen LogP contribution in [0.15, 0.2) is 18.3 Å². The molecule has 2 aliphatic rings. The Kier molecular flexibility index (Phi) is 3.16. The van der Waals surface area contributed by atoms with E-state index in [-0.39, 0.29) is 12.0 Å². The lowest BCUT2D eigenvalue weighted by atomic mass is 9.69. The van der Waals surface area contributed by atoms with Crippen molar-refractivity contribution in [1.29, 1.82) is 5.26 Å². The SMILES string of the molecule is N#Cc1ccc(N2CC3CCCCC3(CO)C2)cn1. The largest absolute Gasteiger partial charge is 0.396 e. The molecule has 0 radical (unpaired) electrons. The van der Waals surface area contributed by atoms with E-state index >= 15 is 0 Å². The fraction of sp³-hybridized carbons (Fsp3) is 0.600. The van der Waals surface area contributed by atoms with Crippen LogP contribution in [0.25, 0.3) is 0 Å². The molecule has 2 fully saturated rings. The zero-order chi connectivity index (χ0) is 13.3. The highest BCUT2D eigenvalue weighted by Crippen LogP contribution is 2.47. The Bertz CT molecular complexity index is 493. The van der Waals surface area contributed by atoms with Crippen molar-refractivity contribution in [1.82, 2.24) is 4.98 Å². The van der Waals surface area contributed by atoms with Crippen LogP contribution in [0.4, 0.5) is 5.69 Å². The van der Waals surface area contributed by atoms with E-state index in [0.717, 1.165) is 25.2 Å². The van der Waals surface area contributed by atoms with Gasteiger partial charge in [0.15, 0.2) is 0 Å². The van der Waals surface area contributed by atoms with Crippen LogP contribution in [0.2, 0.25) is 0 Å². The third kappa shape index (κ3) is 2.08. The Morgan fingerprint density at radius 1 is 1.47 bits per heavy atom. The lowest BCUT2D eigenvalue weighted by Gasteiger charge is -2.36. The van der Waals surface area contributed by atoms with Crippen molar-refractivity contribution >= 4 is 5.69 Å². The molecule has 0 bridgehead atoms. The summed E-state index contributed by atoms with van der Waals surface area (Å²) in [5, 5.41) is 18.6. The van der Waals surface area contributed by atoms with E-state index in [0.29, 0.717) is 11.6 Å². The third-order valence-corrected chi connectivity index (χ3v) is 4.83. The maximum atomic E-state index is 9.81. The second-order valence-corrected chi connectivity index (χ2v) is 5.86. The van der Waals surface area contributed by atoms with Gasteiger partial charge in [-0.2, -0.15) is 5.26 Å². The summed E-state index contributed by atoms with van der Waals surface area (Å²) in [5.74, 6) is 0.599. The summed E-state index contributed by atoms with van der Waals surface area (Å²) in [6.07, 6.45) is 6.65. The molecule has 1 aliphatic heterocycles. The Balaban J connectivity index is 1.82. The summed E-state index contributed by atoms with van der Waals surface area (Å²) in [4.78, 5) is 6.46. The normalized spacial score (nSPS) is 29.9. The van der Waals surface area contributed by atoms with Crippen LogP contribution in [-0.4, -0.2) is 29.8 Å². The lowest BCUT2D eigenvalue weighted by Crippen LogP contribution is -2.36. The van der Waals surface area contributed by atoms with Crippen LogP contribution in [-0.2, 0) is 0 Å². The van der Waals surface area contributed by atoms with Crippen molar-refractivity contribution in [2.75, 3.05) is 24.6 Å². The van der Waals surface area contributed by atoms with Crippen LogP contribution < -0.4 is 4.90 Å². The van der Waals surface area contributed by atoms with Gasteiger partial charge in [0.2, 0.25) is 0 Å². The minimum absolute atomic E-state index is 0.0894. The summed E-state index contributed by atoms with van der Waals surface area (Å²) < 4.78 is 0. The number of aromatic nitrogens is 1. The van der Waals surface area contributed by atoms with Crippen molar-refractivity contribution in [2.45, 2.75) is 25.7 Å². The van der Waals surface area contributed by atoms with Gasteiger partial charge in [-0.1, -0.05) is 12.8 Å². The molecule has 0 amide bonds. The molecule has 4 heteroatoms. The second kappa shape index (κ2) is 4.82. The molecule has 2 heterocycles. The molecule has 0 aromatic carbocycles. The first-order chi connectivity index (χ1) is 9.27. The Hall–Kier alpha value is -1.60. The molecule has 0 spiro atoms. The minimum Gasteiger partial charge on any atom is -0.396 e. The van der Waals surface area contributed by atoms with Gasteiger partial charge in [0, 0.05) is 18.5 Å². The molecule has 1 aliphatic carbocycles. The van der Waals surface area contributed by atoms with Crippen LogP contribution in [0.3, 0.4) is 0 Å². The first kappa shape index (κ1) is 12.4. The number of anilines is 1. The molecule has 3 rings (SSSR count). The molecule has 1 saturated heterocycles. The number of aliphatic hydroxyl groups excluding tert-OH is 1. The zero-order valence-corrected chi connectivity index (χ0v) is 11.0. The topological polar surface area (TPSA) is 60.2 Å². The first-order valence-corrected chi connectivity index (χ1v) is 6.99. The van der Waals surface area contributed by atoms with Gasteiger partial charge in [-0.3, -0.25) is 0 Å². The fourth-order valence-electron chi connectivity index (χ4n) is 3.68. The van der Waals surface area contributed by atoms with Gasteiger partial charge in [-0.25, -0.2) is 4.98 Å². The number of hydrogen-bond acceptors (Lipinski definition) is 4. The standard InChI is InChI=1S/C15H19N3O/c16-7-13-4-5-14(8-17-13)18-9-12-3-1-2-6-15(12,10-18)11-19/h4-5,8,12,19H,1-3,6,9-11H2. The Labute approximate surface area is 113 Å². The van der Waals surface area contributed by atoms with Gasteiger partial charge in [0.05, 0.1) is 18.5 Å². The molecule has 1 N–H and O–H groups in total. The predicted molar refractivity (Wildman–Crippen MR) is 72.6 cm³/mol. The van der Waals surface area contributed by atoms with E-state index in [1.165, 1.54) is 19.3 Å². The maximum Gasteiger partial charge on any atom is 0.140 e. The quantitative estimate of drug-likeness (QED) is 0.879. The van der Waals surface area contributed by atoms with Gasteiger partial charge in [0.1, 0.15) is 11.8 Å². The monoisotopic (exact) mass is 257 g/mol. The molecule has 1 aromatic heterocycles. The molecule has 2 unspecified atom stereocenters. The van der Waals surface area contributed by atoms with Crippen molar-refractivity contribution in [3.8, 4) is 6.07 Å². The zero-order valence-electron chi connectivity index (χ0n) is 11.0. The van der Waals surface area contributed by atoms with E-state index in [2.05, 4.69) is 9.88 Å². The number of rotatable bonds is 2. The van der Waals surface area contributed by atoms with E-state index in [1.807, 2.05) is 12.1 Å². The minimum atomic E-state index is 0.0894. The van der Waals surface area contributed by atoms with Crippen molar-refractivity contribution in [3.05, 3.63) is 24.0 Å². The van der Waals surface area contributed by atoms with E-state index in [9.17, 15) is 5.11 Å². The summed E-state index contributed by atoms with van der Waals surface area (Å²) in [6, 6.07) is 5.78. The number of nitriles is 1. The van der Waals surface area contributed by atoms with Gasteiger partial charge in [-0.05, 0) is 30.9 Å². The molecule has 4 nitrogen and oxygen atoms in total. The van der Waals surface area contributed by atoms with Crippen LogP contribution in [0, 0.1) is 22.7 Å². The average molecular weight is 257 g/mol. The third-order valence-electron chi connectivity index (χ3n) is 4.83. The summed E-state index contributed by atoms with van der Waals surface area (Å²) >= 11 is 0. The molecule has 100 valence electrons. The van der Waals surface area contributed by atoms with Crippen LogP contribution in [0.1, 0.15) is 31.4 Å². The molecular weight excluding hydrogens is 238 g/mol. The highest BCUT2D eigenvalue weighted by molar-refractivity contribution is 5.47. The predicted octanol–water partition coefficient (Wildman–Crippen LogP) is 1.94. The van der Waals surface area contributed by atoms with Crippen LogP contribution in [0.5, 0.6) is 0 Å². The average Bonchev–Trinajstić information content (AvgIpc) is 2.87. The van der Waals surface area contributed by atoms with Crippen molar-refractivity contribution < 1.29 is 5.11 Å². The van der Waals surface area contributed by atoms with Gasteiger partial charge in [-0.15, -0.1) is 0 Å². The van der Waals surface area contributed by atoms with Gasteiger partial charge < -0.3 is 10.0 Å². The lowest BCUT2D eigenvalue weighted by molar-refractivity contribution is 0.0627. The second-order valence-electron chi connectivity index (χ2n) is 5.86. The van der Waals surface area contributed by atoms with Crippen molar-refractivity contribution in [3.63, 3.8) is 0 Å². The van der Waals surface area contributed by atoms with Gasteiger partial charge >= 0.3 is 0 Å². The first-order valence-electron chi connectivity index (χ1n) is 6.99. The van der Waals surface area contributed by atoms with Gasteiger partial charge in [0.25, 0.3) is 0 Å². The summed E-state index contributed by atoms with van der Waals surface area (Å²) in [6.45, 7) is 2.22. The molecule has 19 heavy (non-hydrogen) atoms. The number of fused-ring (bicyclic) bond motifs is 1. The Morgan fingerprint density at radius 3 is 3.00 bits per heavy atom. The number of hydrogen-bond donors (Lipinski definition) is 1. The highest BCUT2D eigenvalue weighted by Gasteiger charge is 2.47. The highest BCUT2D eigenvalue weighted by atomic mass is 16.3. The fourth-order valence-corrected chi connectivity index (χ4v) is 3.68. The smallest absolute Gasteiger partial charge is 0.140 e. The van der Waals surface area contributed by atoms with Crippen molar-refractivity contribution in [2.24, 2.45) is 11.3 Å².